The first-order valence-electron chi connectivity index (χ1n) is 30.8. The van der Waals surface area contributed by atoms with Crippen molar-refractivity contribution in [3.63, 3.8) is 0 Å². The third-order valence-corrected chi connectivity index (χ3v) is 21.7. The molecule has 27 nitrogen and oxygen atoms in total. The van der Waals surface area contributed by atoms with Gasteiger partial charge in [-0.15, -0.1) is 0 Å². The van der Waals surface area contributed by atoms with Crippen LogP contribution in [-0.2, 0) is 47.4 Å². The van der Waals surface area contributed by atoms with Crippen molar-refractivity contribution in [3.05, 3.63) is 11.6 Å². The SMILES string of the molecule is CC(CCC(C)C1CCC2C3CC=C4CC(O)CCC4(C)C3CCC12C)C(C)COC1OC(COC2OC(CO)C(OC3OC(CO)C(O)C(O)C3O)C(O)C2O)C(O)C(O)C1OC1OC(CO)C(OC2OC(CO)C(O)C(O)C2O)C(O)C1O. The van der Waals surface area contributed by atoms with Crippen LogP contribution in [0.15, 0.2) is 11.6 Å². The summed E-state index contributed by atoms with van der Waals surface area (Å²) in [5.74, 6) is 2.88. The van der Waals surface area contributed by atoms with Gasteiger partial charge in [0.2, 0.25) is 0 Å². The van der Waals surface area contributed by atoms with E-state index < -0.39 is 187 Å². The topological polar surface area (TPSA) is 436 Å². The van der Waals surface area contributed by atoms with Gasteiger partial charge in [0.15, 0.2) is 31.5 Å². The van der Waals surface area contributed by atoms with Crippen LogP contribution in [-0.4, -0.2) is 286 Å². The first-order chi connectivity index (χ1) is 40.3. The Morgan fingerprint density at radius 2 is 0.953 bits per heavy atom. The fraction of sp³-hybridized carbons (Fsp3) is 0.966. The first-order valence-corrected chi connectivity index (χ1v) is 30.8. The van der Waals surface area contributed by atoms with Crippen LogP contribution < -0.4 is 0 Å². The number of hydrogen-bond acceptors (Lipinski definition) is 27. The molecule has 4 aliphatic carbocycles. The molecule has 9 aliphatic rings. The molecule has 85 heavy (non-hydrogen) atoms. The molecule has 0 radical (unpaired) electrons. The lowest BCUT2D eigenvalue weighted by atomic mass is 9.47. The minimum Gasteiger partial charge on any atom is -0.394 e. The van der Waals surface area contributed by atoms with Gasteiger partial charge in [-0.25, -0.2) is 0 Å². The average Bonchev–Trinajstić information content (AvgIpc) is 1.76. The number of allylic oxidation sites excluding steroid dienone is 1. The molecule has 0 aromatic heterocycles. The zero-order valence-corrected chi connectivity index (χ0v) is 49.1. The van der Waals surface area contributed by atoms with Crippen LogP contribution in [0.2, 0.25) is 0 Å². The van der Waals surface area contributed by atoms with Crippen LogP contribution in [0.5, 0.6) is 0 Å². The van der Waals surface area contributed by atoms with Crippen molar-refractivity contribution in [2.75, 3.05) is 39.6 Å². The number of aliphatic hydroxyl groups is 17. The highest BCUT2D eigenvalue weighted by Gasteiger charge is 2.60. The molecule has 5 aliphatic heterocycles. The number of aliphatic hydroxyl groups excluding tert-OH is 17. The number of ether oxygens (including phenoxy) is 10. The van der Waals surface area contributed by atoms with Crippen molar-refractivity contribution in [2.45, 2.75) is 258 Å². The molecule has 0 spiro atoms. The molecule has 35 unspecified atom stereocenters. The Hall–Kier alpha value is -1.34. The normalized spacial score (nSPS) is 51.4. The van der Waals surface area contributed by atoms with Crippen LogP contribution in [0.25, 0.3) is 0 Å². The van der Waals surface area contributed by atoms with Crippen LogP contribution in [0.3, 0.4) is 0 Å². The highest BCUT2D eigenvalue weighted by atomic mass is 16.8. The van der Waals surface area contributed by atoms with Gasteiger partial charge >= 0.3 is 0 Å². The van der Waals surface area contributed by atoms with Crippen molar-refractivity contribution in [2.24, 2.45) is 52.3 Å². The summed E-state index contributed by atoms with van der Waals surface area (Å²) >= 11 is 0. The summed E-state index contributed by atoms with van der Waals surface area (Å²) in [5, 5.41) is 182. The molecule has 0 aromatic rings. The third-order valence-electron chi connectivity index (χ3n) is 21.7. The molecule has 5 saturated heterocycles. The minimum atomic E-state index is -2.05. The predicted octanol–water partition coefficient (Wildman–Crippen LogP) is -4.27. The smallest absolute Gasteiger partial charge is 0.187 e. The van der Waals surface area contributed by atoms with Gasteiger partial charge in [-0.1, -0.05) is 59.1 Å². The van der Waals surface area contributed by atoms with E-state index >= 15 is 0 Å². The van der Waals surface area contributed by atoms with E-state index in [9.17, 15) is 86.8 Å². The zero-order valence-electron chi connectivity index (χ0n) is 49.1. The lowest BCUT2D eigenvalue weighted by Gasteiger charge is -2.58. The molecule has 9 rings (SSSR count). The minimum absolute atomic E-state index is 0.00366. The number of fused-ring (bicyclic) bond motifs is 5. The summed E-state index contributed by atoms with van der Waals surface area (Å²) in [6.07, 6.45) is -31.5. The lowest BCUT2D eigenvalue weighted by molar-refractivity contribution is -0.388. The fourth-order valence-corrected chi connectivity index (χ4v) is 16.1. The second-order valence-electron chi connectivity index (χ2n) is 26.7. The van der Waals surface area contributed by atoms with E-state index in [2.05, 4.69) is 33.8 Å². The second-order valence-corrected chi connectivity index (χ2v) is 26.7. The van der Waals surface area contributed by atoms with Crippen molar-refractivity contribution < 1.29 is 134 Å². The Kier molecular flexibility index (Phi) is 22.6. The first kappa shape index (κ1) is 68.0. The molecule has 35 atom stereocenters. The van der Waals surface area contributed by atoms with Gasteiger partial charge in [0.25, 0.3) is 0 Å². The quantitative estimate of drug-likeness (QED) is 0.0484. The summed E-state index contributed by atoms with van der Waals surface area (Å²) < 4.78 is 58.4. The largest absolute Gasteiger partial charge is 0.394 e. The molecule has 0 bridgehead atoms. The molecular formula is C58H98O27. The lowest BCUT2D eigenvalue weighted by Crippen LogP contribution is -2.67. The van der Waals surface area contributed by atoms with Crippen LogP contribution in [0.1, 0.15) is 98.8 Å². The summed E-state index contributed by atoms with van der Waals surface area (Å²) in [5.41, 5.74) is 1.85. The molecule has 0 amide bonds. The predicted molar refractivity (Wildman–Crippen MR) is 288 cm³/mol. The van der Waals surface area contributed by atoms with Crippen LogP contribution in [0, 0.1) is 52.3 Å². The average molecular weight is 1230 g/mol. The van der Waals surface area contributed by atoms with Gasteiger partial charge in [0.05, 0.1) is 45.7 Å². The highest BCUT2D eigenvalue weighted by molar-refractivity contribution is 5.25. The number of rotatable bonds is 21. The summed E-state index contributed by atoms with van der Waals surface area (Å²) in [4.78, 5) is 0. The van der Waals surface area contributed by atoms with Gasteiger partial charge in [0.1, 0.15) is 122 Å². The van der Waals surface area contributed by atoms with E-state index in [1.165, 1.54) is 31.3 Å². The second kappa shape index (κ2) is 28.3. The monoisotopic (exact) mass is 1230 g/mol. The van der Waals surface area contributed by atoms with Crippen molar-refractivity contribution in [1.82, 2.24) is 0 Å². The molecule has 17 N–H and O–H groups in total. The van der Waals surface area contributed by atoms with E-state index in [1.54, 1.807) is 0 Å². The van der Waals surface area contributed by atoms with E-state index in [4.69, 9.17) is 47.4 Å². The van der Waals surface area contributed by atoms with Gasteiger partial charge < -0.3 is 134 Å². The molecule has 0 aromatic carbocycles. The van der Waals surface area contributed by atoms with E-state index in [-0.39, 0.29) is 35.4 Å². The third kappa shape index (κ3) is 13.5. The maximum absolute atomic E-state index is 11.9. The summed E-state index contributed by atoms with van der Waals surface area (Å²) in [7, 11) is 0. The van der Waals surface area contributed by atoms with E-state index in [1.807, 2.05) is 6.92 Å². The molecule has 3 saturated carbocycles. The Morgan fingerprint density at radius 3 is 1.52 bits per heavy atom. The van der Waals surface area contributed by atoms with Gasteiger partial charge in [-0.2, -0.15) is 0 Å². The molecule has 27 heteroatoms. The number of hydrogen-bond donors (Lipinski definition) is 17. The molecule has 5 heterocycles. The van der Waals surface area contributed by atoms with Crippen molar-refractivity contribution in [3.8, 4) is 0 Å². The maximum atomic E-state index is 11.9. The Labute approximate surface area is 494 Å². The maximum Gasteiger partial charge on any atom is 0.187 e. The highest BCUT2D eigenvalue weighted by Crippen LogP contribution is 2.67. The molecule has 492 valence electrons. The van der Waals surface area contributed by atoms with Crippen LogP contribution in [0.4, 0.5) is 0 Å². The molecular weight excluding hydrogens is 1130 g/mol. The van der Waals surface area contributed by atoms with Gasteiger partial charge in [-0.3, -0.25) is 0 Å². The van der Waals surface area contributed by atoms with E-state index in [0.29, 0.717) is 29.6 Å². The molecule has 8 fully saturated rings. The van der Waals surface area contributed by atoms with Crippen molar-refractivity contribution in [1.29, 1.82) is 0 Å². The van der Waals surface area contributed by atoms with Gasteiger partial charge in [0, 0.05) is 0 Å². The Bertz CT molecular complexity index is 2140. The standard InChI is InChI=1S/C58H98O27/c1-23(6-7-24(2)29-10-11-30-28-9-8-26-16-27(63)12-14-57(26,4)31(28)13-15-58(29,30)5)25(3)21-76-56-51(85-55-48(75)44(71)50(35(20-62)81-55)84-54-46(73)41(68)38(65)33(18-60)79-54)42(69)39(66)36(82-56)22-77-52-47(74)43(70)49(34(19-61)80-52)83-53-45(72)40(67)37(64)32(17-59)78-53/h8,23-25,27-56,59-75H,6-7,9-22H2,1-5H3. The zero-order chi connectivity index (χ0) is 61.7. The van der Waals surface area contributed by atoms with Gasteiger partial charge in [-0.05, 0) is 104 Å². The fourth-order valence-electron chi connectivity index (χ4n) is 16.1. The summed E-state index contributed by atoms with van der Waals surface area (Å²) in [6.45, 7) is 7.42. The van der Waals surface area contributed by atoms with Crippen LogP contribution >= 0.6 is 0 Å². The Morgan fingerprint density at radius 1 is 0.471 bits per heavy atom. The summed E-state index contributed by atoms with van der Waals surface area (Å²) in [6, 6.07) is 0. The Balaban J connectivity index is 0.857. The van der Waals surface area contributed by atoms with Crippen molar-refractivity contribution >= 4 is 0 Å². The van der Waals surface area contributed by atoms with E-state index in [0.717, 1.165) is 38.5 Å².